The lowest BCUT2D eigenvalue weighted by atomic mass is 10.4. The van der Waals surface area contributed by atoms with Crippen molar-refractivity contribution >= 4 is 15.6 Å². The Morgan fingerprint density at radius 1 is 1.62 bits per heavy atom. The molecule has 8 heavy (non-hydrogen) atoms. The van der Waals surface area contributed by atoms with Crippen LogP contribution in [0, 0.1) is 0 Å². The third kappa shape index (κ3) is 3.90. The van der Waals surface area contributed by atoms with E-state index in [4.69, 9.17) is 0 Å². The highest BCUT2D eigenvalue weighted by Gasteiger charge is 1.71. The Labute approximate surface area is 50.9 Å². The van der Waals surface area contributed by atoms with Crippen LogP contribution in [0.5, 0.6) is 0 Å². The second-order valence-electron chi connectivity index (χ2n) is 1.49. The van der Waals surface area contributed by atoms with Crippen molar-refractivity contribution in [2.24, 2.45) is 0 Å². The standard InChI is InChI=1S/C5H9O2S/c1-2-3-4-8(7)5-6/h2-4H2,1H3/q-1. The van der Waals surface area contributed by atoms with Gasteiger partial charge in [-0.15, -0.1) is 0 Å². The Balaban J connectivity index is 3.42. The van der Waals surface area contributed by atoms with E-state index in [2.05, 4.69) is 0 Å². The average Bonchev–Trinajstić information content (AvgIpc) is 1.83. The summed E-state index contributed by atoms with van der Waals surface area (Å²) in [5, 5.41) is 1.42. The van der Waals surface area contributed by atoms with Crippen molar-refractivity contribution in [2.75, 3.05) is 5.75 Å². The smallest absolute Gasteiger partial charge is 0.00946 e. The van der Waals surface area contributed by atoms with Gasteiger partial charge in [0.1, 0.15) is 0 Å². The Morgan fingerprint density at radius 2 is 2.25 bits per heavy atom. The summed E-state index contributed by atoms with van der Waals surface area (Å²) in [6, 6.07) is 0. The average molecular weight is 133 g/mol. The first kappa shape index (κ1) is 7.73. The zero-order valence-electron chi connectivity index (χ0n) is 4.85. The number of unbranched alkanes of at least 4 members (excludes halogenated alkanes) is 1. The predicted octanol–water partition coefficient (Wildman–Crippen LogP) is 0.818. The number of hydrogen-bond acceptors (Lipinski definition) is 3. The van der Waals surface area contributed by atoms with Crippen LogP contribution in [-0.2, 0) is 19.4 Å². The van der Waals surface area contributed by atoms with Crippen LogP contribution in [0.4, 0.5) is 0 Å². The topological polar surface area (TPSA) is 34.1 Å². The monoisotopic (exact) mass is 133 g/mol. The van der Waals surface area contributed by atoms with Crippen molar-refractivity contribution in [2.45, 2.75) is 19.8 Å². The lowest BCUT2D eigenvalue weighted by Gasteiger charge is -1.92. The molecule has 3 heteroatoms. The molecule has 0 bridgehead atoms. The van der Waals surface area contributed by atoms with Crippen LogP contribution in [-0.4, -0.2) is 11.0 Å². The summed E-state index contributed by atoms with van der Waals surface area (Å²) >= 11 is 0. The van der Waals surface area contributed by atoms with Crippen LogP contribution in [0.1, 0.15) is 19.8 Å². The van der Waals surface area contributed by atoms with Crippen LogP contribution < -0.4 is 0 Å². The lowest BCUT2D eigenvalue weighted by molar-refractivity contribution is 0.566. The van der Waals surface area contributed by atoms with Gasteiger partial charge in [0.15, 0.2) is 0 Å². The van der Waals surface area contributed by atoms with E-state index in [0.29, 0.717) is 5.75 Å². The second-order valence-corrected chi connectivity index (χ2v) is 2.75. The number of carbonyl (C=O) groups excluding carboxylic acids is 1. The van der Waals surface area contributed by atoms with Crippen molar-refractivity contribution in [1.29, 1.82) is 0 Å². The molecular weight excluding hydrogens is 124 g/mol. The van der Waals surface area contributed by atoms with Crippen LogP contribution in [0.2, 0.25) is 0 Å². The molecule has 0 aromatic rings. The van der Waals surface area contributed by atoms with E-state index in [1.54, 1.807) is 0 Å². The van der Waals surface area contributed by atoms with Crippen molar-refractivity contribution in [3.05, 3.63) is 0 Å². The predicted molar refractivity (Wildman–Crippen MR) is 33.5 cm³/mol. The molecule has 0 spiro atoms. The fourth-order valence-electron chi connectivity index (χ4n) is 0.317. The minimum absolute atomic E-state index is 0.472. The van der Waals surface area contributed by atoms with Gasteiger partial charge in [-0.05, 0) is 0 Å². The van der Waals surface area contributed by atoms with Crippen LogP contribution in [0.15, 0.2) is 0 Å². The maximum atomic E-state index is 10.3. The highest BCUT2D eigenvalue weighted by Crippen LogP contribution is 1.84. The van der Waals surface area contributed by atoms with Gasteiger partial charge in [0.2, 0.25) is 0 Å². The lowest BCUT2D eigenvalue weighted by Crippen LogP contribution is -1.84. The molecule has 0 aliphatic heterocycles. The molecule has 0 saturated heterocycles. The van der Waals surface area contributed by atoms with Gasteiger partial charge in [-0.1, -0.05) is 25.5 Å². The first-order valence-electron chi connectivity index (χ1n) is 2.57. The minimum Gasteiger partial charge on any atom is -0.451 e. The Hall–Kier alpha value is -0.270. The third-order valence-electron chi connectivity index (χ3n) is 0.776. The first-order valence-corrected chi connectivity index (χ1v) is 3.89. The van der Waals surface area contributed by atoms with Crippen LogP contribution >= 0.6 is 0 Å². The molecule has 0 aromatic heterocycles. The highest BCUT2D eigenvalue weighted by molar-refractivity contribution is 7.82. The fraction of sp³-hybridized carbons (Fsp3) is 0.800. The SMILES string of the molecule is CCCC[S-](=O)=C=O. The summed E-state index contributed by atoms with van der Waals surface area (Å²) in [7, 11) is -1.33. The Kier molecular flexibility index (Phi) is 4.71. The summed E-state index contributed by atoms with van der Waals surface area (Å²) in [5.41, 5.74) is 0. The molecule has 48 valence electrons. The molecule has 0 unspecified atom stereocenters. The van der Waals surface area contributed by atoms with E-state index < -0.39 is 10.4 Å². The molecule has 0 amide bonds. The van der Waals surface area contributed by atoms with Gasteiger partial charge in [0.25, 0.3) is 0 Å². The van der Waals surface area contributed by atoms with E-state index >= 15 is 0 Å². The van der Waals surface area contributed by atoms with Crippen molar-refractivity contribution in [3.8, 4) is 0 Å². The molecule has 0 N–H and O–H groups in total. The van der Waals surface area contributed by atoms with Crippen LogP contribution in [0.3, 0.4) is 0 Å². The maximum Gasteiger partial charge on any atom is 0.00946 e. The Bertz CT molecular complexity index is 141. The summed E-state index contributed by atoms with van der Waals surface area (Å²) in [6.07, 6.45) is 1.83. The van der Waals surface area contributed by atoms with E-state index in [0.717, 1.165) is 12.8 Å². The van der Waals surface area contributed by atoms with E-state index in [1.807, 2.05) is 6.92 Å². The quantitative estimate of drug-likeness (QED) is 0.422. The zero-order chi connectivity index (χ0) is 6.41. The minimum atomic E-state index is -1.33. The van der Waals surface area contributed by atoms with Gasteiger partial charge in [0, 0.05) is 5.23 Å². The van der Waals surface area contributed by atoms with Crippen LogP contribution in [0.25, 0.3) is 0 Å². The molecule has 0 aromatic carbocycles. The van der Waals surface area contributed by atoms with E-state index in [-0.39, 0.29) is 0 Å². The van der Waals surface area contributed by atoms with Gasteiger partial charge < -0.3 is 4.21 Å². The van der Waals surface area contributed by atoms with Gasteiger partial charge in [-0.25, -0.2) is 0 Å². The normalized spacial score (nSPS) is 9.25. The first-order chi connectivity index (χ1) is 3.81. The summed E-state index contributed by atoms with van der Waals surface area (Å²) in [5.74, 6) is 0.472. The van der Waals surface area contributed by atoms with Crippen molar-refractivity contribution in [1.82, 2.24) is 0 Å². The van der Waals surface area contributed by atoms with Gasteiger partial charge in [-0.3, -0.25) is 4.79 Å². The van der Waals surface area contributed by atoms with Gasteiger partial charge in [-0.2, -0.15) is 10.4 Å². The molecule has 0 heterocycles. The second kappa shape index (κ2) is 4.88. The number of hydrogen-bond donors (Lipinski definition) is 0. The van der Waals surface area contributed by atoms with E-state index in [1.165, 1.54) is 5.23 Å². The maximum absolute atomic E-state index is 10.3. The summed E-state index contributed by atoms with van der Waals surface area (Å²) in [4.78, 5) is 9.59. The van der Waals surface area contributed by atoms with Crippen molar-refractivity contribution < 1.29 is 9.00 Å². The number of rotatable bonds is 3. The molecule has 0 aliphatic rings. The molecule has 0 fully saturated rings. The summed E-state index contributed by atoms with van der Waals surface area (Å²) < 4.78 is 10.3. The molecule has 2 nitrogen and oxygen atoms in total. The molecule has 0 saturated carbocycles. The fourth-order valence-corrected chi connectivity index (χ4v) is 0.951. The van der Waals surface area contributed by atoms with Crippen molar-refractivity contribution in [3.63, 3.8) is 0 Å². The van der Waals surface area contributed by atoms with Gasteiger partial charge >= 0.3 is 0 Å². The zero-order valence-corrected chi connectivity index (χ0v) is 5.66. The highest BCUT2D eigenvalue weighted by atomic mass is 32.2. The third-order valence-corrected chi connectivity index (χ3v) is 1.62. The molecular formula is C5H9O2S-. The largest absolute Gasteiger partial charge is 0.451 e. The molecule has 0 atom stereocenters. The Morgan fingerprint density at radius 3 is 2.62 bits per heavy atom. The molecule has 0 aliphatic carbocycles. The molecule has 0 rings (SSSR count). The van der Waals surface area contributed by atoms with Gasteiger partial charge in [0.05, 0.1) is 0 Å². The summed E-state index contributed by atoms with van der Waals surface area (Å²) in [6.45, 7) is 1.99. The molecule has 0 radical (unpaired) electrons. The van der Waals surface area contributed by atoms with E-state index in [9.17, 15) is 9.00 Å².